The number of nitrogens with one attached hydrogen (secondary N) is 1. The monoisotopic (exact) mass is 280 g/mol. The topological polar surface area (TPSA) is 28.7 Å². The Balaban J connectivity index is 2.20. The summed E-state index contributed by atoms with van der Waals surface area (Å²) < 4.78 is 0. The number of aryl methyl sites for hydroxylation is 1. The van der Waals surface area contributed by atoms with Gasteiger partial charge in [0.15, 0.2) is 0 Å². The van der Waals surface area contributed by atoms with Crippen molar-refractivity contribution in [3.8, 4) is 11.3 Å². The standard InChI is InChI=1S/C14H14Cl2N2/c1-8-3-2-4-10(16)12(8)14-13(9-5-6-9)11(7-15)17-18-14/h2-4,9H,5-7H2,1H3,(H,17,18). The van der Waals surface area contributed by atoms with Gasteiger partial charge >= 0.3 is 0 Å². The highest BCUT2D eigenvalue weighted by Gasteiger charge is 2.31. The molecular weight excluding hydrogens is 267 g/mol. The molecule has 4 heteroatoms. The van der Waals surface area contributed by atoms with Crippen LogP contribution in [0.1, 0.15) is 35.6 Å². The van der Waals surface area contributed by atoms with Gasteiger partial charge in [0, 0.05) is 11.1 Å². The lowest BCUT2D eigenvalue weighted by atomic mass is 9.99. The number of aromatic nitrogens is 2. The van der Waals surface area contributed by atoms with Crippen LogP contribution in [0.4, 0.5) is 0 Å². The summed E-state index contributed by atoms with van der Waals surface area (Å²) in [5.74, 6) is 1.07. The zero-order valence-corrected chi connectivity index (χ0v) is 11.6. The minimum Gasteiger partial charge on any atom is -0.280 e. The van der Waals surface area contributed by atoms with Gasteiger partial charge in [-0.2, -0.15) is 5.10 Å². The molecule has 1 heterocycles. The second kappa shape index (κ2) is 4.60. The largest absolute Gasteiger partial charge is 0.280 e. The summed E-state index contributed by atoms with van der Waals surface area (Å²) in [6.07, 6.45) is 2.44. The highest BCUT2D eigenvalue weighted by molar-refractivity contribution is 6.33. The molecule has 0 saturated heterocycles. The van der Waals surface area contributed by atoms with Crippen molar-refractivity contribution < 1.29 is 0 Å². The van der Waals surface area contributed by atoms with E-state index in [0.29, 0.717) is 11.8 Å². The van der Waals surface area contributed by atoms with E-state index < -0.39 is 0 Å². The van der Waals surface area contributed by atoms with Gasteiger partial charge in [-0.05, 0) is 37.3 Å². The molecule has 0 spiro atoms. The highest BCUT2D eigenvalue weighted by atomic mass is 35.5. The van der Waals surface area contributed by atoms with E-state index in [9.17, 15) is 0 Å². The molecule has 0 bridgehead atoms. The molecule has 1 saturated carbocycles. The van der Waals surface area contributed by atoms with Crippen LogP contribution < -0.4 is 0 Å². The Hall–Kier alpha value is -0.990. The molecule has 1 aliphatic rings. The number of benzene rings is 1. The zero-order valence-electron chi connectivity index (χ0n) is 10.1. The quantitative estimate of drug-likeness (QED) is 0.815. The first-order valence-electron chi connectivity index (χ1n) is 6.11. The van der Waals surface area contributed by atoms with E-state index in [4.69, 9.17) is 23.2 Å². The van der Waals surface area contributed by atoms with Crippen molar-refractivity contribution in [1.82, 2.24) is 10.2 Å². The van der Waals surface area contributed by atoms with E-state index in [-0.39, 0.29) is 0 Å². The molecule has 18 heavy (non-hydrogen) atoms. The van der Waals surface area contributed by atoms with Gasteiger partial charge < -0.3 is 0 Å². The van der Waals surface area contributed by atoms with Crippen LogP contribution in [0.25, 0.3) is 11.3 Å². The number of hydrogen-bond donors (Lipinski definition) is 1. The van der Waals surface area contributed by atoms with E-state index in [0.717, 1.165) is 27.5 Å². The summed E-state index contributed by atoms with van der Waals surface area (Å²) in [5.41, 5.74) is 5.47. The van der Waals surface area contributed by atoms with E-state index >= 15 is 0 Å². The van der Waals surface area contributed by atoms with Crippen molar-refractivity contribution >= 4 is 23.2 Å². The minimum absolute atomic E-state index is 0.475. The SMILES string of the molecule is Cc1cccc(Cl)c1-c1n[nH]c(CCl)c1C1CC1. The summed E-state index contributed by atoms with van der Waals surface area (Å²) in [5, 5.41) is 8.26. The van der Waals surface area contributed by atoms with Gasteiger partial charge in [-0.15, -0.1) is 11.6 Å². The second-order valence-electron chi connectivity index (χ2n) is 4.80. The molecule has 1 aromatic heterocycles. The van der Waals surface area contributed by atoms with E-state index in [1.54, 1.807) is 0 Å². The maximum absolute atomic E-state index is 6.33. The Kier molecular flexibility index (Phi) is 3.08. The summed E-state index contributed by atoms with van der Waals surface area (Å²) in [6, 6.07) is 5.94. The first kappa shape index (κ1) is 12.1. The van der Waals surface area contributed by atoms with Crippen LogP contribution >= 0.6 is 23.2 Å². The first-order chi connectivity index (χ1) is 8.72. The van der Waals surface area contributed by atoms with Crippen molar-refractivity contribution in [2.45, 2.75) is 31.6 Å². The fourth-order valence-corrected chi connectivity index (χ4v) is 2.94. The Bertz CT molecular complexity index is 565. The molecule has 1 fully saturated rings. The molecule has 2 nitrogen and oxygen atoms in total. The van der Waals surface area contributed by atoms with Crippen LogP contribution in [-0.2, 0) is 5.88 Å². The van der Waals surface area contributed by atoms with Gasteiger partial charge in [-0.3, -0.25) is 5.10 Å². The lowest BCUT2D eigenvalue weighted by molar-refractivity contribution is 1.02. The third kappa shape index (κ3) is 1.94. The van der Waals surface area contributed by atoms with Crippen LogP contribution in [0.2, 0.25) is 5.02 Å². The van der Waals surface area contributed by atoms with Gasteiger partial charge in [0.05, 0.1) is 22.3 Å². The Morgan fingerprint density at radius 2 is 2.17 bits per heavy atom. The molecule has 1 aromatic carbocycles. The third-order valence-electron chi connectivity index (χ3n) is 3.46. The van der Waals surface area contributed by atoms with E-state index in [2.05, 4.69) is 23.2 Å². The Morgan fingerprint density at radius 1 is 1.39 bits per heavy atom. The molecule has 94 valence electrons. The molecule has 3 rings (SSSR count). The summed E-state index contributed by atoms with van der Waals surface area (Å²) in [6.45, 7) is 2.06. The Labute approximate surface area is 116 Å². The fraction of sp³-hybridized carbons (Fsp3) is 0.357. The van der Waals surface area contributed by atoms with Crippen molar-refractivity contribution in [3.63, 3.8) is 0 Å². The number of nitrogens with zero attached hydrogens (tertiary/aromatic N) is 1. The Morgan fingerprint density at radius 3 is 2.78 bits per heavy atom. The third-order valence-corrected chi connectivity index (χ3v) is 4.04. The van der Waals surface area contributed by atoms with Gasteiger partial charge in [0.2, 0.25) is 0 Å². The average molecular weight is 281 g/mol. The molecule has 0 radical (unpaired) electrons. The number of H-pyrrole nitrogens is 1. The molecule has 0 amide bonds. The van der Waals surface area contributed by atoms with Gasteiger partial charge in [-0.25, -0.2) is 0 Å². The van der Waals surface area contributed by atoms with E-state index in [1.807, 2.05) is 12.1 Å². The number of aromatic amines is 1. The fourth-order valence-electron chi connectivity index (χ4n) is 2.42. The summed E-state index contributed by atoms with van der Waals surface area (Å²) >= 11 is 12.3. The van der Waals surface area contributed by atoms with Gasteiger partial charge in [0.1, 0.15) is 0 Å². The molecular formula is C14H14Cl2N2. The smallest absolute Gasteiger partial charge is 0.0976 e. The van der Waals surface area contributed by atoms with Crippen LogP contribution in [0, 0.1) is 6.92 Å². The maximum atomic E-state index is 6.33. The van der Waals surface area contributed by atoms with Crippen LogP contribution in [0.3, 0.4) is 0 Å². The number of hydrogen-bond acceptors (Lipinski definition) is 1. The maximum Gasteiger partial charge on any atom is 0.0976 e. The number of halogens is 2. The highest BCUT2D eigenvalue weighted by Crippen LogP contribution is 2.47. The lowest BCUT2D eigenvalue weighted by Crippen LogP contribution is -1.91. The van der Waals surface area contributed by atoms with Gasteiger partial charge in [-0.1, -0.05) is 23.7 Å². The van der Waals surface area contributed by atoms with Crippen LogP contribution in [0.5, 0.6) is 0 Å². The molecule has 1 N–H and O–H groups in total. The van der Waals surface area contributed by atoms with Crippen molar-refractivity contribution in [3.05, 3.63) is 40.0 Å². The lowest BCUT2D eigenvalue weighted by Gasteiger charge is -2.08. The minimum atomic E-state index is 0.475. The van der Waals surface area contributed by atoms with Crippen LogP contribution in [0.15, 0.2) is 18.2 Å². The summed E-state index contributed by atoms with van der Waals surface area (Å²) in [4.78, 5) is 0. The molecule has 0 unspecified atom stereocenters. The zero-order chi connectivity index (χ0) is 12.7. The predicted octanol–water partition coefficient (Wildman–Crippen LogP) is 4.65. The molecule has 0 aliphatic heterocycles. The normalized spacial score (nSPS) is 15.1. The van der Waals surface area contributed by atoms with E-state index in [1.165, 1.54) is 18.4 Å². The molecule has 2 aromatic rings. The van der Waals surface area contributed by atoms with Gasteiger partial charge in [0.25, 0.3) is 0 Å². The average Bonchev–Trinajstić information content (AvgIpc) is 3.10. The number of alkyl halides is 1. The van der Waals surface area contributed by atoms with Crippen molar-refractivity contribution in [2.75, 3.05) is 0 Å². The predicted molar refractivity (Wildman–Crippen MR) is 75.3 cm³/mol. The van der Waals surface area contributed by atoms with Crippen LogP contribution in [-0.4, -0.2) is 10.2 Å². The summed E-state index contributed by atoms with van der Waals surface area (Å²) in [7, 11) is 0. The van der Waals surface area contributed by atoms with Crippen molar-refractivity contribution in [1.29, 1.82) is 0 Å². The molecule has 0 atom stereocenters. The molecule has 1 aliphatic carbocycles. The second-order valence-corrected chi connectivity index (χ2v) is 5.48. The first-order valence-corrected chi connectivity index (χ1v) is 7.02. The number of rotatable bonds is 3. The van der Waals surface area contributed by atoms with Crippen molar-refractivity contribution in [2.24, 2.45) is 0 Å².